The van der Waals surface area contributed by atoms with Gasteiger partial charge in [0, 0.05) is 58.9 Å². The second kappa shape index (κ2) is 11.8. The molecule has 3 unspecified atom stereocenters. The summed E-state index contributed by atoms with van der Waals surface area (Å²) in [7, 11) is 0. The Kier molecular flexibility index (Phi) is 7.58. The third kappa shape index (κ3) is 5.16. The van der Waals surface area contributed by atoms with Crippen molar-refractivity contribution in [2.75, 3.05) is 39.3 Å². The molecule has 0 amide bonds. The predicted molar refractivity (Wildman–Crippen MR) is 178 cm³/mol. The quantitative estimate of drug-likeness (QED) is 0.363. The lowest BCUT2D eigenvalue weighted by Crippen LogP contribution is -2.53. The number of fused-ring (bicyclic) bond motifs is 3. The van der Waals surface area contributed by atoms with Crippen molar-refractivity contribution in [2.24, 2.45) is 0 Å². The van der Waals surface area contributed by atoms with Crippen LogP contribution in [0, 0.1) is 0 Å². The summed E-state index contributed by atoms with van der Waals surface area (Å²) in [5.74, 6) is 0. The summed E-state index contributed by atoms with van der Waals surface area (Å²) in [5.41, 5.74) is 3.37. The topological polar surface area (TPSA) is 40.6 Å². The first kappa shape index (κ1) is 29.5. The van der Waals surface area contributed by atoms with Crippen molar-refractivity contribution in [2.45, 2.75) is 93.6 Å². The maximum atomic E-state index is 7.35. The largest absolute Gasteiger partial charge is 0.349 e. The van der Waals surface area contributed by atoms with Crippen LogP contribution in [0.3, 0.4) is 0 Å². The number of likely N-dealkylation sites (tertiary alicyclic amines) is 3. The van der Waals surface area contributed by atoms with Gasteiger partial charge in [0.1, 0.15) is 35.5 Å². The van der Waals surface area contributed by atoms with Gasteiger partial charge in [-0.1, -0.05) is 91.0 Å². The fourth-order valence-corrected chi connectivity index (χ4v) is 9.42. The minimum absolute atomic E-state index is 0.0243. The van der Waals surface area contributed by atoms with Crippen LogP contribution in [0.15, 0.2) is 91.0 Å². The van der Waals surface area contributed by atoms with E-state index in [-0.39, 0.29) is 35.5 Å². The molecule has 0 aromatic heterocycles. The minimum atomic E-state index is -0.265. The molecular weight excluding hydrogens is 572 g/mol. The molecular formula is C39H48N4O3. The highest BCUT2D eigenvalue weighted by Crippen LogP contribution is 2.60. The van der Waals surface area contributed by atoms with Crippen molar-refractivity contribution in [3.63, 3.8) is 0 Å². The third-order valence-corrected chi connectivity index (χ3v) is 12.1. The molecule has 6 fully saturated rings. The molecule has 0 saturated carbocycles. The number of ether oxygens (including phenoxy) is 3. The van der Waals surface area contributed by atoms with Gasteiger partial charge < -0.3 is 14.2 Å². The predicted octanol–water partition coefficient (Wildman–Crippen LogP) is 5.46. The summed E-state index contributed by atoms with van der Waals surface area (Å²) in [6, 6.07) is 32.7. The average Bonchev–Trinajstić information content (AvgIpc) is 3.70. The van der Waals surface area contributed by atoms with Gasteiger partial charge in [0.15, 0.2) is 0 Å². The fourth-order valence-electron chi connectivity index (χ4n) is 9.42. The molecule has 6 heterocycles. The van der Waals surface area contributed by atoms with E-state index in [2.05, 4.69) is 111 Å². The van der Waals surface area contributed by atoms with Gasteiger partial charge in [-0.25, -0.2) is 4.90 Å². The molecule has 0 aliphatic carbocycles. The maximum absolute atomic E-state index is 7.35. The Bertz CT molecular complexity index is 1290. The zero-order chi connectivity index (χ0) is 30.6. The monoisotopic (exact) mass is 620 g/mol. The molecule has 6 aliphatic heterocycles. The second-order valence-corrected chi connectivity index (χ2v) is 14.8. The third-order valence-electron chi connectivity index (χ3n) is 12.1. The van der Waals surface area contributed by atoms with E-state index in [4.69, 9.17) is 14.2 Å². The molecule has 0 bridgehead atoms. The highest BCUT2D eigenvalue weighted by Gasteiger charge is 2.75. The molecule has 3 aromatic rings. The SMILES string of the molecule is c1ccc(CN2CCC3(CC2)OC2N4C3OC3(CCN(Cc5ccccc5)CC3)C4OC23CCN(Cc2ccccc2)CC3)cc1. The van der Waals surface area contributed by atoms with Crippen LogP contribution >= 0.6 is 0 Å². The van der Waals surface area contributed by atoms with E-state index >= 15 is 0 Å². The first-order valence-electron chi connectivity index (χ1n) is 17.7. The molecule has 0 N–H and O–H groups in total. The summed E-state index contributed by atoms with van der Waals surface area (Å²) >= 11 is 0. The first-order chi connectivity index (χ1) is 22.6. The Labute approximate surface area is 274 Å². The minimum Gasteiger partial charge on any atom is -0.349 e. The maximum Gasteiger partial charge on any atom is 0.145 e. The van der Waals surface area contributed by atoms with Gasteiger partial charge in [-0.05, 0) is 55.2 Å². The Balaban J connectivity index is 0.943. The Morgan fingerprint density at radius 1 is 0.413 bits per heavy atom. The number of nitrogens with zero attached hydrogens (tertiary/aromatic N) is 4. The van der Waals surface area contributed by atoms with Gasteiger partial charge in [0.2, 0.25) is 0 Å². The van der Waals surface area contributed by atoms with Crippen LogP contribution in [0.5, 0.6) is 0 Å². The van der Waals surface area contributed by atoms with Crippen LogP contribution in [0.25, 0.3) is 0 Å². The van der Waals surface area contributed by atoms with Crippen LogP contribution in [0.1, 0.15) is 55.2 Å². The Hall–Kier alpha value is -2.62. The summed E-state index contributed by atoms with van der Waals surface area (Å²) in [4.78, 5) is 10.4. The molecule has 3 spiro atoms. The summed E-state index contributed by atoms with van der Waals surface area (Å²) in [5, 5.41) is 0. The van der Waals surface area contributed by atoms with Crippen LogP contribution in [-0.2, 0) is 33.8 Å². The number of rotatable bonds is 6. The summed E-state index contributed by atoms with van der Waals surface area (Å²) in [6.07, 6.45) is 5.99. The van der Waals surface area contributed by atoms with Crippen molar-refractivity contribution >= 4 is 0 Å². The zero-order valence-electron chi connectivity index (χ0n) is 27.0. The van der Waals surface area contributed by atoms with Crippen molar-refractivity contribution in [3.05, 3.63) is 108 Å². The average molecular weight is 621 g/mol. The van der Waals surface area contributed by atoms with Crippen molar-refractivity contribution in [1.82, 2.24) is 19.6 Å². The highest BCUT2D eigenvalue weighted by molar-refractivity contribution is 5.21. The molecule has 242 valence electrons. The highest BCUT2D eigenvalue weighted by atomic mass is 16.7. The Morgan fingerprint density at radius 2 is 0.674 bits per heavy atom. The smallest absolute Gasteiger partial charge is 0.145 e. The van der Waals surface area contributed by atoms with Gasteiger partial charge in [0.05, 0.1) is 0 Å². The second-order valence-electron chi connectivity index (χ2n) is 14.8. The first-order valence-corrected chi connectivity index (χ1v) is 17.7. The van der Waals surface area contributed by atoms with E-state index in [0.29, 0.717) is 0 Å². The lowest BCUT2D eigenvalue weighted by Gasteiger charge is -2.43. The summed E-state index contributed by atoms with van der Waals surface area (Å²) in [6.45, 7) is 9.24. The lowest BCUT2D eigenvalue weighted by molar-refractivity contribution is -0.173. The normalized spacial score (nSPS) is 30.4. The standard InChI is InChI=1S/C39H48N4O3/c1-4-10-31(11-5-1)28-40-22-16-37(17-23-40)34-43-35(44-37)38(18-24-41(25-19-38)29-32-12-6-2-7-13-32)46-36(43)39(45-34)20-26-42(27-21-39)30-33-14-8-3-9-15-33/h1-15,34-36H,16-30H2. The molecule has 7 nitrogen and oxygen atoms in total. The van der Waals surface area contributed by atoms with Crippen molar-refractivity contribution in [3.8, 4) is 0 Å². The van der Waals surface area contributed by atoms with E-state index in [1.54, 1.807) is 0 Å². The van der Waals surface area contributed by atoms with Gasteiger partial charge in [-0.15, -0.1) is 0 Å². The van der Waals surface area contributed by atoms with Crippen molar-refractivity contribution in [1.29, 1.82) is 0 Å². The number of benzene rings is 3. The van der Waals surface area contributed by atoms with Crippen LogP contribution in [-0.4, -0.2) is 94.4 Å². The molecule has 6 aliphatic rings. The van der Waals surface area contributed by atoms with Crippen LogP contribution in [0.2, 0.25) is 0 Å². The molecule has 46 heavy (non-hydrogen) atoms. The molecule has 6 saturated heterocycles. The number of piperidine rings is 3. The molecule has 3 atom stereocenters. The number of hydrogen-bond donors (Lipinski definition) is 0. The van der Waals surface area contributed by atoms with Gasteiger partial charge in [0.25, 0.3) is 0 Å². The fraction of sp³-hybridized carbons (Fsp3) is 0.538. The van der Waals surface area contributed by atoms with E-state index < -0.39 is 0 Å². The van der Waals surface area contributed by atoms with Gasteiger partial charge in [-0.2, -0.15) is 0 Å². The van der Waals surface area contributed by atoms with Gasteiger partial charge >= 0.3 is 0 Å². The molecule has 0 radical (unpaired) electrons. The molecule has 9 rings (SSSR count). The van der Waals surface area contributed by atoms with E-state index in [1.165, 1.54) is 16.7 Å². The molecule has 7 heteroatoms. The van der Waals surface area contributed by atoms with Crippen LogP contribution in [0.4, 0.5) is 0 Å². The Morgan fingerprint density at radius 3 is 0.935 bits per heavy atom. The molecule has 3 aromatic carbocycles. The summed E-state index contributed by atoms with van der Waals surface area (Å²) < 4.78 is 22.0. The van der Waals surface area contributed by atoms with Crippen molar-refractivity contribution < 1.29 is 14.2 Å². The van der Waals surface area contributed by atoms with E-state index in [1.807, 2.05) is 0 Å². The zero-order valence-corrected chi connectivity index (χ0v) is 27.0. The lowest BCUT2D eigenvalue weighted by atomic mass is 9.89. The number of hydrogen-bond acceptors (Lipinski definition) is 7. The van der Waals surface area contributed by atoms with E-state index in [9.17, 15) is 0 Å². The van der Waals surface area contributed by atoms with Gasteiger partial charge in [-0.3, -0.25) is 14.7 Å². The van der Waals surface area contributed by atoms with Crippen LogP contribution < -0.4 is 0 Å². The van der Waals surface area contributed by atoms with E-state index in [0.717, 1.165) is 97.4 Å².